The number of aliphatic imine (C=N–C) groups is 1. The molecule has 0 radical (unpaired) electrons. The van der Waals surface area contributed by atoms with E-state index in [0.717, 1.165) is 28.1 Å². The molecule has 1 spiro atoms. The number of guanidine groups is 1. The van der Waals surface area contributed by atoms with Crippen molar-refractivity contribution in [1.29, 1.82) is 0 Å². The monoisotopic (exact) mass is 1140 g/mol. The third-order valence-electron chi connectivity index (χ3n) is 14.3. The summed E-state index contributed by atoms with van der Waals surface area (Å²) < 4.78 is -0.990. The molecule has 3 fully saturated rings. The fraction of sp³-hybridized carbons (Fsp3) is 0.600. The molecule has 2 aromatic rings. The number of hydrogen-bond donors (Lipinski definition) is 14. The lowest BCUT2D eigenvalue weighted by Crippen LogP contribution is -2.62. The first-order chi connectivity index (χ1) is 37.5. The van der Waals surface area contributed by atoms with Crippen molar-refractivity contribution >= 4 is 103 Å². The van der Waals surface area contributed by atoms with Crippen LogP contribution in [0, 0.1) is 5.92 Å². The van der Waals surface area contributed by atoms with Gasteiger partial charge in [-0.15, -0.1) is 0 Å². The number of primary amides is 3. The van der Waals surface area contributed by atoms with Crippen LogP contribution in [0.2, 0.25) is 0 Å². The maximum Gasteiger partial charge on any atom is 0.246 e. The quantitative estimate of drug-likeness (QED) is 0.0286. The molecule has 20 N–H and O–H groups in total. The van der Waals surface area contributed by atoms with E-state index in [-0.39, 0.29) is 50.5 Å². The number of nitrogens with two attached hydrogens (primary N) is 6. The van der Waals surface area contributed by atoms with Crippen molar-refractivity contribution in [2.75, 3.05) is 25.4 Å². The van der Waals surface area contributed by atoms with Crippen LogP contribution >= 0.6 is 21.6 Å². The zero-order chi connectivity index (χ0) is 58.0. The van der Waals surface area contributed by atoms with Gasteiger partial charge in [-0.25, -0.2) is 0 Å². The zero-order valence-electron chi connectivity index (χ0n) is 44.5. The predicted molar refractivity (Wildman–Crippen MR) is 296 cm³/mol. The Hall–Kier alpha value is -7.14. The molecular weight excluding hydrogens is 1060 g/mol. The lowest BCUT2D eigenvalue weighted by molar-refractivity contribution is -0.142. The number of fused-ring (bicyclic) bond motifs is 1. The fourth-order valence-corrected chi connectivity index (χ4v) is 13.2. The third kappa shape index (κ3) is 18.2. The highest BCUT2D eigenvalue weighted by molar-refractivity contribution is 8.77. The summed E-state index contributed by atoms with van der Waals surface area (Å²) in [5, 5.41) is 19.3. The van der Waals surface area contributed by atoms with Gasteiger partial charge in [0.25, 0.3) is 0 Å². The van der Waals surface area contributed by atoms with Gasteiger partial charge in [0.05, 0.1) is 23.8 Å². The number of likely N-dealkylation sites (tertiary alicyclic amines) is 1. The summed E-state index contributed by atoms with van der Waals surface area (Å²) in [4.78, 5) is 159. The highest BCUT2D eigenvalue weighted by Gasteiger charge is 2.46. The second kappa shape index (κ2) is 29.7. The molecule has 3 heterocycles. The minimum Gasteiger partial charge on any atom is -0.370 e. The second-order valence-electron chi connectivity index (χ2n) is 20.2. The van der Waals surface area contributed by atoms with Gasteiger partial charge < -0.3 is 81.5 Å². The molecule has 79 heavy (non-hydrogen) atoms. The molecule has 9 atom stereocenters. The molecule has 1 aromatic carbocycles. The average molecular weight is 1140 g/mol. The average Bonchev–Trinajstić information content (AvgIpc) is 4.20. The summed E-state index contributed by atoms with van der Waals surface area (Å²) in [6.07, 6.45) is 2.41. The Bertz CT molecular complexity index is 2560. The molecule has 5 rings (SSSR count). The maximum atomic E-state index is 15.0. The van der Waals surface area contributed by atoms with Gasteiger partial charge >= 0.3 is 0 Å². The first kappa shape index (κ1) is 62.7. The van der Waals surface area contributed by atoms with Gasteiger partial charge in [-0.05, 0) is 68.4 Å². The molecule has 11 amide bonds. The molecule has 3 aliphatic rings. The number of para-hydroxylation sites is 1. The van der Waals surface area contributed by atoms with E-state index in [2.05, 4.69) is 47.2 Å². The van der Waals surface area contributed by atoms with Crippen LogP contribution in [0.15, 0.2) is 35.3 Å². The molecular formula is C50H76N16O11S2. The molecule has 1 aromatic heterocycles. The summed E-state index contributed by atoms with van der Waals surface area (Å²) in [7, 11) is 2.34. The highest BCUT2D eigenvalue weighted by Crippen LogP contribution is 2.48. The summed E-state index contributed by atoms with van der Waals surface area (Å²) in [6.45, 7) is 3.06. The molecule has 0 unspecified atom stereocenters. The van der Waals surface area contributed by atoms with Crippen LogP contribution < -0.4 is 71.6 Å². The smallest absolute Gasteiger partial charge is 0.246 e. The number of carbonyl (C=O) groups excluding carboxylic acids is 11. The largest absolute Gasteiger partial charge is 0.370 e. The summed E-state index contributed by atoms with van der Waals surface area (Å²) in [5.41, 5.74) is 35.6. The van der Waals surface area contributed by atoms with Gasteiger partial charge in [0, 0.05) is 42.9 Å². The van der Waals surface area contributed by atoms with Crippen LogP contribution in [0.1, 0.15) is 103 Å². The van der Waals surface area contributed by atoms with Crippen molar-refractivity contribution in [2.24, 2.45) is 45.3 Å². The number of hydrogen-bond acceptors (Lipinski definition) is 15. The Morgan fingerprint density at radius 3 is 2.14 bits per heavy atom. The first-order valence-electron chi connectivity index (χ1n) is 26.5. The van der Waals surface area contributed by atoms with E-state index in [0.29, 0.717) is 44.2 Å². The van der Waals surface area contributed by atoms with E-state index in [1.54, 1.807) is 13.8 Å². The molecule has 1 saturated carbocycles. The van der Waals surface area contributed by atoms with Crippen molar-refractivity contribution in [2.45, 2.75) is 157 Å². The number of amides is 11. The fourth-order valence-electron chi connectivity index (χ4n) is 9.73. The van der Waals surface area contributed by atoms with Crippen molar-refractivity contribution in [3.8, 4) is 0 Å². The lowest BCUT2D eigenvalue weighted by Gasteiger charge is -2.40. The number of aromatic amines is 1. The van der Waals surface area contributed by atoms with Gasteiger partial charge in [0.15, 0.2) is 5.96 Å². The minimum atomic E-state index is -1.77. The molecule has 1 aliphatic carbocycles. The van der Waals surface area contributed by atoms with E-state index < -0.39 is 150 Å². The summed E-state index contributed by atoms with van der Waals surface area (Å²) in [5.74, 6) is -10.3. The minimum absolute atomic E-state index is 0.0126. The Morgan fingerprint density at radius 1 is 0.810 bits per heavy atom. The number of benzene rings is 1. The topological polar surface area (TPSA) is 459 Å². The predicted octanol–water partition coefficient (Wildman–Crippen LogP) is -3.12. The van der Waals surface area contributed by atoms with Crippen molar-refractivity contribution in [3.05, 3.63) is 36.0 Å². The Kier molecular flexibility index (Phi) is 23.6. The van der Waals surface area contributed by atoms with Crippen molar-refractivity contribution in [3.63, 3.8) is 0 Å². The Balaban J connectivity index is 1.54. The highest BCUT2D eigenvalue weighted by atomic mass is 33.1. The molecule has 29 heteroatoms. The third-order valence-corrected chi connectivity index (χ3v) is 17.6. The summed E-state index contributed by atoms with van der Waals surface area (Å²) >= 11 is 0. The first-order valence-corrected chi connectivity index (χ1v) is 28.8. The number of rotatable bonds is 19. The maximum absolute atomic E-state index is 15.0. The lowest BCUT2D eigenvalue weighted by atomic mass is 9.82. The van der Waals surface area contributed by atoms with Crippen molar-refractivity contribution in [1.82, 2.24) is 47.1 Å². The van der Waals surface area contributed by atoms with Crippen LogP contribution in [-0.4, -0.2) is 159 Å². The summed E-state index contributed by atoms with van der Waals surface area (Å²) in [6, 6.07) is -1.88. The number of nitrogens with one attached hydrogen (secondary N) is 8. The van der Waals surface area contributed by atoms with Gasteiger partial charge in [-0.2, -0.15) is 0 Å². The number of carbonyl (C=O) groups is 11. The number of nitrogens with zero attached hydrogens (tertiary/aromatic N) is 2. The molecule has 434 valence electrons. The number of aromatic nitrogens is 1. The van der Waals surface area contributed by atoms with E-state index >= 15 is 0 Å². The SMILES string of the molecule is CC[C@@H](C)[C@H]1NC(=O)[C@@H](Cc2cc3ccccc3[nH]2)NC(=O)[C@@H](N)C2(CCCCC2)SSC[C@@H](C(=O)N2CCC[C@H]2C(=O)N[C@H](CCCN=C(N)N)C(=O)NCC(N)=O)NC(=O)[C@H](CC(N)=O)NC(=O)[C@H](CCC(N)=O)NC1=O. The zero-order valence-corrected chi connectivity index (χ0v) is 46.1. The van der Waals surface area contributed by atoms with Gasteiger partial charge in [-0.3, -0.25) is 57.7 Å². The van der Waals surface area contributed by atoms with E-state index in [1.165, 1.54) is 15.7 Å². The second-order valence-corrected chi connectivity index (χ2v) is 23.0. The van der Waals surface area contributed by atoms with Crippen LogP contribution in [0.5, 0.6) is 0 Å². The van der Waals surface area contributed by atoms with Gasteiger partial charge in [0.1, 0.15) is 42.3 Å². The van der Waals surface area contributed by atoms with Crippen molar-refractivity contribution < 1.29 is 52.7 Å². The molecule has 27 nitrogen and oxygen atoms in total. The Morgan fingerprint density at radius 2 is 1.48 bits per heavy atom. The van der Waals surface area contributed by atoms with Gasteiger partial charge in [-0.1, -0.05) is 79.3 Å². The molecule has 2 saturated heterocycles. The van der Waals surface area contributed by atoms with Crippen LogP contribution in [0.25, 0.3) is 10.9 Å². The van der Waals surface area contributed by atoms with E-state index in [4.69, 9.17) is 34.4 Å². The normalized spacial score (nSPS) is 24.3. The van der Waals surface area contributed by atoms with Crippen LogP contribution in [0.3, 0.4) is 0 Å². The van der Waals surface area contributed by atoms with Gasteiger partial charge in [0.2, 0.25) is 65.0 Å². The van der Waals surface area contributed by atoms with E-state index in [9.17, 15) is 52.7 Å². The molecule has 2 aliphatic heterocycles. The Labute approximate surface area is 465 Å². The molecule has 0 bridgehead atoms. The van der Waals surface area contributed by atoms with Crippen LogP contribution in [0.4, 0.5) is 0 Å². The number of H-pyrrole nitrogens is 1. The van der Waals surface area contributed by atoms with E-state index in [1.807, 2.05) is 30.3 Å². The van der Waals surface area contributed by atoms with Crippen LogP contribution in [-0.2, 0) is 59.2 Å². The standard InChI is InChI=1S/C50H76N16O11S2/c1-3-26(2)39-46(75)61-31(15-16-36(51)67)42(71)62-33(23-37(52)68)43(72)64-34(48(77)66-20-10-14-35(66)45(74)60-30(13-9-19-57-49(55)56)41(70)58-24-38(53)69)25-78-79-50(17-7-4-8-18-50)40(54)47(76)63-32(44(73)65-39)22-28-21-27-11-5-6-12-29(27)59-28/h5-6,11-12,21,26,30-35,39-40,59H,3-4,7-10,13-20,22-25,54H2,1-2H3,(H2,51,67)(H2,52,68)(H2,53,69)(H,58,70)(H,60,74)(H,61,75)(H,62,71)(H,63,76)(H,64,72)(H,65,73)(H4,55,56,57)/t26-,30-,31+,32-,33+,34+,35+,39-,40-/m1/s1.